The summed E-state index contributed by atoms with van der Waals surface area (Å²) in [6, 6.07) is 19.9. The number of benzene rings is 3. The number of aromatic carboxylic acids is 1. The lowest BCUT2D eigenvalue weighted by atomic mass is 9.98. The van der Waals surface area contributed by atoms with Crippen molar-refractivity contribution in [3.63, 3.8) is 0 Å². The molecule has 8 heteroatoms. The van der Waals surface area contributed by atoms with Gasteiger partial charge in [-0.2, -0.15) is 0 Å². The van der Waals surface area contributed by atoms with E-state index in [1.54, 1.807) is 0 Å². The molecule has 0 unspecified atom stereocenters. The zero-order valence-corrected chi connectivity index (χ0v) is 19.8. The molecule has 2 amide bonds. The van der Waals surface area contributed by atoms with Gasteiger partial charge in [-0.3, -0.25) is 4.79 Å². The molecule has 1 aliphatic carbocycles. The van der Waals surface area contributed by atoms with E-state index in [0.29, 0.717) is 12.1 Å². The second kappa shape index (κ2) is 10.6. The first-order chi connectivity index (χ1) is 16.9. The van der Waals surface area contributed by atoms with Crippen molar-refractivity contribution in [2.45, 2.75) is 31.7 Å². The third-order valence-electron chi connectivity index (χ3n) is 6.07. The van der Waals surface area contributed by atoms with Crippen molar-refractivity contribution < 1.29 is 24.2 Å². The molecule has 0 radical (unpaired) electrons. The second-order valence-electron chi connectivity index (χ2n) is 8.33. The summed E-state index contributed by atoms with van der Waals surface area (Å²) in [6.45, 7) is 2.05. The van der Waals surface area contributed by atoms with Crippen LogP contribution in [0.2, 0.25) is 5.02 Å². The van der Waals surface area contributed by atoms with Crippen molar-refractivity contribution in [2.24, 2.45) is 0 Å². The van der Waals surface area contributed by atoms with E-state index in [4.69, 9.17) is 21.4 Å². The SMILES string of the molecule is CC[C@@H](CC(=O)Nc1ccc(C(=O)O)c(Cl)c1)NC(=O)OCC1c2ccccc2-c2ccccc21. The Bertz CT molecular complexity index is 1230. The van der Waals surface area contributed by atoms with E-state index in [0.717, 1.165) is 22.3 Å². The lowest BCUT2D eigenvalue weighted by molar-refractivity contribution is -0.116. The summed E-state index contributed by atoms with van der Waals surface area (Å²) in [5.41, 5.74) is 4.88. The molecule has 0 saturated heterocycles. The lowest BCUT2D eigenvalue weighted by Crippen LogP contribution is -2.38. The summed E-state index contributed by atoms with van der Waals surface area (Å²) in [5.74, 6) is -1.53. The fourth-order valence-electron chi connectivity index (χ4n) is 4.31. The van der Waals surface area contributed by atoms with Crippen molar-refractivity contribution in [3.8, 4) is 11.1 Å². The molecule has 0 bridgehead atoms. The van der Waals surface area contributed by atoms with E-state index in [2.05, 4.69) is 34.9 Å². The molecule has 0 aliphatic heterocycles. The summed E-state index contributed by atoms with van der Waals surface area (Å²) < 4.78 is 5.57. The van der Waals surface area contributed by atoms with Gasteiger partial charge in [-0.05, 0) is 46.9 Å². The number of halogens is 1. The normalized spacial score (nSPS) is 12.9. The predicted molar refractivity (Wildman–Crippen MR) is 134 cm³/mol. The van der Waals surface area contributed by atoms with Gasteiger partial charge in [0.15, 0.2) is 0 Å². The highest BCUT2D eigenvalue weighted by atomic mass is 35.5. The van der Waals surface area contributed by atoms with Crippen LogP contribution in [-0.2, 0) is 9.53 Å². The van der Waals surface area contributed by atoms with Gasteiger partial charge in [0.2, 0.25) is 5.91 Å². The lowest BCUT2D eigenvalue weighted by Gasteiger charge is -2.19. The number of alkyl carbamates (subject to hydrolysis) is 1. The number of ether oxygens (including phenoxy) is 1. The summed E-state index contributed by atoms with van der Waals surface area (Å²) in [7, 11) is 0. The van der Waals surface area contributed by atoms with Gasteiger partial charge in [-0.15, -0.1) is 0 Å². The number of carboxylic acid groups (broad SMARTS) is 1. The van der Waals surface area contributed by atoms with Crippen LogP contribution >= 0.6 is 11.6 Å². The number of hydrogen-bond acceptors (Lipinski definition) is 4. The molecule has 35 heavy (non-hydrogen) atoms. The highest BCUT2D eigenvalue weighted by Crippen LogP contribution is 2.44. The molecule has 4 rings (SSSR count). The van der Waals surface area contributed by atoms with Crippen molar-refractivity contribution in [2.75, 3.05) is 11.9 Å². The number of carbonyl (C=O) groups is 3. The zero-order valence-electron chi connectivity index (χ0n) is 19.1. The Kier molecular flexibility index (Phi) is 7.36. The minimum Gasteiger partial charge on any atom is -0.478 e. The topological polar surface area (TPSA) is 105 Å². The Morgan fingerprint density at radius 2 is 1.63 bits per heavy atom. The number of rotatable bonds is 8. The molecule has 0 spiro atoms. The molecule has 0 heterocycles. The van der Waals surface area contributed by atoms with E-state index >= 15 is 0 Å². The quantitative estimate of drug-likeness (QED) is 0.375. The summed E-state index contributed by atoms with van der Waals surface area (Å²) in [4.78, 5) is 36.1. The number of amides is 2. The Morgan fingerprint density at radius 3 is 2.20 bits per heavy atom. The molecule has 0 aromatic heterocycles. The van der Waals surface area contributed by atoms with Gasteiger partial charge in [0.25, 0.3) is 0 Å². The average molecular weight is 493 g/mol. The van der Waals surface area contributed by atoms with E-state index in [1.807, 2.05) is 31.2 Å². The Labute approximate surface area is 208 Å². The summed E-state index contributed by atoms with van der Waals surface area (Å²) >= 11 is 5.96. The number of fused-ring (bicyclic) bond motifs is 3. The van der Waals surface area contributed by atoms with E-state index in [1.165, 1.54) is 18.2 Å². The molecule has 0 fully saturated rings. The maximum atomic E-state index is 12.5. The van der Waals surface area contributed by atoms with E-state index in [9.17, 15) is 14.4 Å². The van der Waals surface area contributed by atoms with Crippen LogP contribution in [-0.4, -0.2) is 35.7 Å². The number of anilines is 1. The average Bonchev–Trinajstić information content (AvgIpc) is 3.16. The first kappa shape index (κ1) is 24.3. The summed E-state index contributed by atoms with van der Waals surface area (Å²) in [5, 5.41) is 14.5. The third-order valence-corrected chi connectivity index (χ3v) is 6.39. The van der Waals surface area contributed by atoms with Crippen LogP contribution in [0.5, 0.6) is 0 Å². The molecule has 0 saturated carbocycles. The highest BCUT2D eigenvalue weighted by molar-refractivity contribution is 6.33. The minimum absolute atomic E-state index is 0.0268. The first-order valence-electron chi connectivity index (χ1n) is 11.3. The van der Waals surface area contributed by atoms with Crippen molar-refractivity contribution in [1.82, 2.24) is 5.32 Å². The van der Waals surface area contributed by atoms with Gasteiger partial charge in [-0.1, -0.05) is 67.1 Å². The van der Waals surface area contributed by atoms with Crippen LogP contribution in [0.4, 0.5) is 10.5 Å². The van der Waals surface area contributed by atoms with Crippen molar-refractivity contribution >= 4 is 35.3 Å². The summed E-state index contributed by atoms with van der Waals surface area (Å²) in [6.07, 6.45) is -0.0321. The largest absolute Gasteiger partial charge is 0.478 e. The van der Waals surface area contributed by atoms with Crippen LogP contribution in [0.1, 0.15) is 47.2 Å². The molecule has 3 aromatic carbocycles. The van der Waals surface area contributed by atoms with Crippen molar-refractivity contribution in [1.29, 1.82) is 0 Å². The number of carbonyl (C=O) groups excluding carboxylic acids is 2. The fourth-order valence-corrected chi connectivity index (χ4v) is 4.57. The van der Waals surface area contributed by atoms with Gasteiger partial charge < -0.3 is 20.5 Å². The van der Waals surface area contributed by atoms with Crippen LogP contribution in [0.25, 0.3) is 11.1 Å². The molecular weight excluding hydrogens is 468 g/mol. The molecule has 3 N–H and O–H groups in total. The third kappa shape index (κ3) is 5.46. The van der Waals surface area contributed by atoms with Crippen LogP contribution in [0.15, 0.2) is 66.7 Å². The van der Waals surface area contributed by atoms with Gasteiger partial charge in [-0.25, -0.2) is 9.59 Å². The zero-order chi connectivity index (χ0) is 24.9. The number of carboxylic acids is 1. The van der Waals surface area contributed by atoms with Gasteiger partial charge in [0, 0.05) is 24.1 Å². The number of nitrogens with one attached hydrogen (secondary N) is 2. The van der Waals surface area contributed by atoms with Gasteiger partial charge in [0.1, 0.15) is 6.61 Å². The Morgan fingerprint density at radius 1 is 1.00 bits per heavy atom. The monoisotopic (exact) mass is 492 g/mol. The smallest absolute Gasteiger partial charge is 0.407 e. The van der Waals surface area contributed by atoms with Crippen LogP contribution in [0.3, 0.4) is 0 Å². The highest BCUT2D eigenvalue weighted by Gasteiger charge is 2.29. The molecular formula is C27H25ClN2O5. The Balaban J connectivity index is 1.33. The molecule has 1 atom stereocenters. The van der Waals surface area contributed by atoms with Crippen molar-refractivity contribution in [3.05, 3.63) is 88.4 Å². The fraction of sp³-hybridized carbons (Fsp3) is 0.222. The van der Waals surface area contributed by atoms with E-state index < -0.39 is 18.1 Å². The number of hydrogen-bond donors (Lipinski definition) is 3. The maximum absolute atomic E-state index is 12.5. The standard InChI is InChI=1S/C27H25ClN2O5/c1-2-16(14-25(31)29-17-11-12-22(26(32)33)24(28)13-17)30-27(34)35-15-23-20-9-5-3-7-18(20)19-8-4-6-10-21(19)23/h3-13,16,23H,2,14-15H2,1H3,(H,29,31)(H,30,34)(H,32,33)/t16-/m0/s1. The molecule has 7 nitrogen and oxygen atoms in total. The van der Waals surface area contributed by atoms with Gasteiger partial charge >= 0.3 is 12.1 Å². The predicted octanol–water partition coefficient (Wildman–Crippen LogP) is 5.68. The second-order valence-corrected chi connectivity index (χ2v) is 8.73. The van der Waals surface area contributed by atoms with E-state index in [-0.39, 0.29) is 35.4 Å². The van der Waals surface area contributed by atoms with Crippen LogP contribution < -0.4 is 10.6 Å². The molecule has 1 aliphatic rings. The van der Waals surface area contributed by atoms with Gasteiger partial charge in [0.05, 0.1) is 10.6 Å². The molecule has 180 valence electrons. The first-order valence-corrected chi connectivity index (χ1v) is 11.7. The molecule has 3 aromatic rings. The minimum atomic E-state index is -1.15. The maximum Gasteiger partial charge on any atom is 0.407 e. The Hall–Kier alpha value is -3.84. The van der Waals surface area contributed by atoms with Crippen LogP contribution in [0, 0.1) is 0 Å².